The maximum absolute atomic E-state index is 13.0. The van der Waals surface area contributed by atoms with Gasteiger partial charge in [0.25, 0.3) is 0 Å². The van der Waals surface area contributed by atoms with E-state index in [9.17, 15) is 4.39 Å². The van der Waals surface area contributed by atoms with Gasteiger partial charge in [-0.2, -0.15) is 0 Å². The smallest absolute Gasteiger partial charge is 0.143 e. The zero-order valence-electron chi connectivity index (χ0n) is 5.03. The number of rotatable bonds is 0. The Kier molecular flexibility index (Phi) is 2.07. The van der Waals surface area contributed by atoms with Crippen molar-refractivity contribution in [3.63, 3.8) is 0 Å². The van der Waals surface area contributed by atoms with Crippen molar-refractivity contribution in [1.82, 2.24) is 0 Å². The zero-order valence-corrected chi connectivity index (χ0v) is 9.83. The molecule has 0 unspecified atom stereocenters. The van der Waals surface area contributed by atoms with Gasteiger partial charge in [-0.3, -0.25) is 0 Å². The minimum Gasteiger partial charge on any atom is -0.205 e. The molecule has 2 heterocycles. The lowest BCUT2D eigenvalue weighted by Gasteiger charge is -1.78. The highest BCUT2D eigenvalue weighted by atomic mass is 79.9. The molecular formula is C6HBr2FS2. The first-order valence-electron chi connectivity index (χ1n) is 2.70. The van der Waals surface area contributed by atoms with Crippen LogP contribution in [-0.4, -0.2) is 0 Å². The summed E-state index contributed by atoms with van der Waals surface area (Å²) < 4.78 is 15.8. The molecule has 0 aliphatic heterocycles. The third-order valence-electron chi connectivity index (χ3n) is 1.30. The molecule has 0 spiro atoms. The van der Waals surface area contributed by atoms with E-state index in [-0.39, 0.29) is 5.82 Å². The van der Waals surface area contributed by atoms with Gasteiger partial charge in [0.1, 0.15) is 5.82 Å². The molecule has 0 atom stereocenters. The number of thiophene rings is 2. The summed E-state index contributed by atoms with van der Waals surface area (Å²) in [6.45, 7) is 0. The lowest BCUT2D eigenvalue weighted by Crippen LogP contribution is -1.60. The fourth-order valence-corrected chi connectivity index (χ4v) is 5.20. The van der Waals surface area contributed by atoms with Crippen molar-refractivity contribution < 1.29 is 4.39 Å². The SMILES string of the molecule is Fc1csc2c(Br)sc(Br)c12. The van der Waals surface area contributed by atoms with Gasteiger partial charge in [-0.1, -0.05) is 0 Å². The molecule has 11 heavy (non-hydrogen) atoms. The van der Waals surface area contributed by atoms with Crippen molar-refractivity contribution in [2.75, 3.05) is 0 Å². The Morgan fingerprint density at radius 2 is 2.00 bits per heavy atom. The van der Waals surface area contributed by atoms with Gasteiger partial charge in [0, 0.05) is 5.38 Å². The summed E-state index contributed by atoms with van der Waals surface area (Å²) in [5, 5.41) is 2.22. The molecule has 2 rings (SSSR count). The third-order valence-corrected chi connectivity index (χ3v) is 5.19. The van der Waals surface area contributed by atoms with Crippen LogP contribution in [0.4, 0.5) is 4.39 Å². The second-order valence-electron chi connectivity index (χ2n) is 1.94. The van der Waals surface area contributed by atoms with Gasteiger partial charge in [-0.05, 0) is 31.9 Å². The van der Waals surface area contributed by atoms with Gasteiger partial charge in [-0.15, -0.1) is 22.7 Å². The van der Waals surface area contributed by atoms with Crippen LogP contribution < -0.4 is 0 Å². The number of halogens is 3. The highest BCUT2D eigenvalue weighted by Crippen LogP contribution is 2.43. The first-order valence-corrected chi connectivity index (χ1v) is 5.99. The zero-order chi connectivity index (χ0) is 8.01. The molecule has 58 valence electrons. The van der Waals surface area contributed by atoms with Crippen LogP contribution in [0.1, 0.15) is 0 Å². The molecule has 0 saturated heterocycles. The largest absolute Gasteiger partial charge is 0.205 e. The van der Waals surface area contributed by atoms with E-state index in [1.54, 1.807) is 0 Å². The summed E-state index contributed by atoms with van der Waals surface area (Å²) in [7, 11) is 0. The molecule has 0 aliphatic carbocycles. The van der Waals surface area contributed by atoms with E-state index < -0.39 is 0 Å². The third kappa shape index (κ3) is 1.18. The van der Waals surface area contributed by atoms with Crippen LogP contribution in [0.2, 0.25) is 0 Å². The highest BCUT2D eigenvalue weighted by molar-refractivity contribution is 9.12. The number of fused-ring (bicyclic) bond motifs is 1. The lowest BCUT2D eigenvalue weighted by molar-refractivity contribution is 0.644. The fourth-order valence-electron chi connectivity index (χ4n) is 0.841. The van der Waals surface area contributed by atoms with Crippen LogP contribution in [0.25, 0.3) is 10.1 Å². The van der Waals surface area contributed by atoms with E-state index in [1.807, 2.05) is 0 Å². The quantitative estimate of drug-likeness (QED) is 0.665. The molecule has 0 radical (unpaired) electrons. The van der Waals surface area contributed by atoms with E-state index in [0.717, 1.165) is 12.3 Å². The second-order valence-corrected chi connectivity index (χ2v) is 6.47. The van der Waals surface area contributed by atoms with Gasteiger partial charge in [0.2, 0.25) is 0 Å². The molecular weight excluding hydrogens is 315 g/mol. The number of hydrogen-bond donors (Lipinski definition) is 0. The average molecular weight is 316 g/mol. The van der Waals surface area contributed by atoms with E-state index >= 15 is 0 Å². The summed E-state index contributed by atoms with van der Waals surface area (Å²) >= 11 is 9.59. The summed E-state index contributed by atoms with van der Waals surface area (Å²) in [5.41, 5.74) is 0. The molecule has 0 fully saturated rings. The predicted molar refractivity (Wildman–Crippen MR) is 55.1 cm³/mol. The van der Waals surface area contributed by atoms with Gasteiger partial charge in [0.05, 0.1) is 17.7 Å². The maximum atomic E-state index is 13.0. The molecule has 0 N–H and O–H groups in total. The molecule has 0 bridgehead atoms. The van der Waals surface area contributed by atoms with E-state index in [4.69, 9.17) is 0 Å². The van der Waals surface area contributed by atoms with E-state index in [0.29, 0.717) is 5.39 Å². The maximum Gasteiger partial charge on any atom is 0.143 e. The monoisotopic (exact) mass is 314 g/mol. The van der Waals surface area contributed by atoms with Gasteiger partial charge >= 0.3 is 0 Å². The summed E-state index contributed by atoms with van der Waals surface area (Å²) in [5.74, 6) is -0.140. The van der Waals surface area contributed by atoms with Crippen LogP contribution in [0.15, 0.2) is 13.0 Å². The predicted octanol–water partition coefficient (Wildman–Crippen LogP) is 4.63. The van der Waals surface area contributed by atoms with Crippen molar-refractivity contribution in [2.24, 2.45) is 0 Å². The Hall–Kier alpha value is 0.550. The van der Waals surface area contributed by atoms with Crippen LogP contribution in [0.3, 0.4) is 0 Å². The van der Waals surface area contributed by atoms with Crippen molar-refractivity contribution in [2.45, 2.75) is 0 Å². The molecule has 2 aromatic heterocycles. The molecule has 0 nitrogen and oxygen atoms in total. The minimum absolute atomic E-state index is 0.140. The highest BCUT2D eigenvalue weighted by Gasteiger charge is 2.13. The second kappa shape index (κ2) is 2.80. The Morgan fingerprint density at radius 3 is 2.64 bits per heavy atom. The Labute approximate surface area is 87.3 Å². The fraction of sp³-hybridized carbons (Fsp3) is 0. The van der Waals surface area contributed by atoms with Crippen molar-refractivity contribution in [1.29, 1.82) is 0 Å². The van der Waals surface area contributed by atoms with E-state index in [1.165, 1.54) is 28.1 Å². The summed E-state index contributed by atoms with van der Waals surface area (Å²) in [6, 6.07) is 0. The van der Waals surface area contributed by atoms with E-state index in [2.05, 4.69) is 31.9 Å². The van der Waals surface area contributed by atoms with Crippen molar-refractivity contribution >= 4 is 64.6 Å². The molecule has 0 amide bonds. The lowest BCUT2D eigenvalue weighted by atomic mass is 10.4. The average Bonchev–Trinajstić information content (AvgIpc) is 2.41. The first-order chi connectivity index (χ1) is 5.20. The van der Waals surface area contributed by atoms with Gasteiger partial charge in [0.15, 0.2) is 0 Å². The van der Waals surface area contributed by atoms with Crippen LogP contribution in [-0.2, 0) is 0 Å². The Bertz CT molecular complexity index is 404. The summed E-state index contributed by atoms with van der Waals surface area (Å²) in [4.78, 5) is 0. The molecule has 0 aliphatic rings. The van der Waals surface area contributed by atoms with Gasteiger partial charge in [-0.25, -0.2) is 4.39 Å². The minimum atomic E-state index is -0.140. The normalized spacial score (nSPS) is 11.2. The molecule has 2 aromatic rings. The van der Waals surface area contributed by atoms with Crippen LogP contribution in [0, 0.1) is 5.82 Å². The Morgan fingerprint density at radius 1 is 1.27 bits per heavy atom. The molecule has 5 heteroatoms. The topological polar surface area (TPSA) is 0 Å². The van der Waals surface area contributed by atoms with Crippen molar-refractivity contribution in [3.05, 3.63) is 18.8 Å². The summed E-state index contributed by atoms with van der Waals surface area (Å²) in [6.07, 6.45) is 0. The van der Waals surface area contributed by atoms with Gasteiger partial charge < -0.3 is 0 Å². The first kappa shape index (κ1) is 8.16. The molecule has 0 saturated carbocycles. The Balaban J connectivity index is 2.98. The number of hydrogen-bond acceptors (Lipinski definition) is 2. The van der Waals surface area contributed by atoms with Crippen LogP contribution in [0.5, 0.6) is 0 Å². The van der Waals surface area contributed by atoms with Crippen molar-refractivity contribution in [3.8, 4) is 0 Å². The molecule has 0 aromatic carbocycles. The van der Waals surface area contributed by atoms with Crippen LogP contribution >= 0.6 is 54.5 Å². The standard InChI is InChI=1S/C6HBr2FS2/c7-5-3-2(9)1-10-4(3)6(8)11-5/h1H.